The Hall–Kier alpha value is -0.950. The maximum absolute atomic E-state index is 11.9. The summed E-state index contributed by atoms with van der Waals surface area (Å²) in [4.78, 5) is 24.6. The van der Waals surface area contributed by atoms with Gasteiger partial charge in [0.1, 0.15) is 0 Å². The van der Waals surface area contributed by atoms with Crippen LogP contribution in [0.4, 0.5) is 4.79 Å². The van der Waals surface area contributed by atoms with E-state index in [-0.39, 0.29) is 12.6 Å². The van der Waals surface area contributed by atoms with Crippen LogP contribution in [0.3, 0.4) is 0 Å². The van der Waals surface area contributed by atoms with E-state index >= 15 is 0 Å². The highest BCUT2D eigenvalue weighted by Gasteiger charge is 2.44. The van der Waals surface area contributed by atoms with Gasteiger partial charge in [-0.2, -0.15) is 11.8 Å². The van der Waals surface area contributed by atoms with Crippen molar-refractivity contribution < 1.29 is 19.4 Å². The van der Waals surface area contributed by atoms with Crippen molar-refractivity contribution in [2.24, 2.45) is 0 Å². The lowest BCUT2D eigenvalue weighted by Crippen LogP contribution is -2.58. The first-order chi connectivity index (χ1) is 8.52. The lowest BCUT2D eigenvalue weighted by atomic mass is 9.99. The van der Waals surface area contributed by atoms with E-state index < -0.39 is 11.5 Å². The van der Waals surface area contributed by atoms with Crippen LogP contribution < -0.4 is 5.32 Å². The second kappa shape index (κ2) is 6.84. The van der Waals surface area contributed by atoms with Crippen molar-refractivity contribution in [1.82, 2.24) is 10.2 Å². The van der Waals surface area contributed by atoms with Gasteiger partial charge in [-0.05, 0) is 18.4 Å². The summed E-state index contributed by atoms with van der Waals surface area (Å²) in [5.74, 6) is -0.0592. The molecule has 0 aromatic carbocycles. The van der Waals surface area contributed by atoms with Crippen molar-refractivity contribution in [3.63, 3.8) is 0 Å². The number of nitrogens with one attached hydrogen (secondary N) is 1. The standard InChI is InChI=1S/C11H20N2O4S/c1-13(5-3-7-18-2)10(16)12-11(9(14)15)4-6-17-8-11/h3-8H2,1-2H3,(H,12,16)(H,14,15). The van der Waals surface area contributed by atoms with E-state index in [1.807, 2.05) is 6.26 Å². The van der Waals surface area contributed by atoms with Crippen molar-refractivity contribution in [2.45, 2.75) is 18.4 Å². The van der Waals surface area contributed by atoms with Gasteiger partial charge in [0.25, 0.3) is 0 Å². The third-order valence-electron chi connectivity index (χ3n) is 2.97. The van der Waals surface area contributed by atoms with Crippen molar-refractivity contribution in [3.8, 4) is 0 Å². The zero-order chi connectivity index (χ0) is 13.6. The number of hydrogen-bond acceptors (Lipinski definition) is 4. The number of aliphatic carboxylic acids is 1. The topological polar surface area (TPSA) is 78.9 Å². The van der Waals surface area contributed by atoms with Crippen LogP contribution >= 0.6 is 11.8 Å². The van der Waals surface area contributed by atoms with E-state index in [1.165, 1.54) is 4.90 Å². The summed E-state index contributed by atoms with van der Waals surface area (Å²) < 4.78 is 5.08. The third kappa shape index (κ3) is 3.78. The van der Waals surface area contributed by atoms with Gasteiger partial charge in [-0.25, -0.2) is 9.59 Å². The van der Waals surface area contributed by atoms with E-state index in [2.05, 4.69) is 5.32 Å². The van der Waals surface area contributed by atoms with Gasteiger partial charge in [-0.3, -0.25) is 0 Å². The molecule has 7 heteroatoms. The normalized spacial score (nSPS) is 22.8. The predicted octanol–water partition coefficient (Wildman–Crippen LogP) is 0.625. The van der Waals surface area contributed by atoms with E-state index in [4.69, 9.17) is 4.74 Å². The molecule has 1 unspecified atom stereocenters. The Bertz CT molecular complexity index is 305. The number of carboxylic acids is 1. The van der Waals surface area contributed by atoms with Crippen molar-refractivity contribution >= 4 is 23.8 Å². The zero-order valence-electron chi connectivity index (χ0n) is 10.8. The van der Waals surface area contributed by atoms with E-state index in [9.17, 15) is 14.7 Å². The average molecular weight is 276 g/mol. The lowest BCUT2D eigenvalue weighted by Gasteiger charge is -2.27. The number of carbonyl (C=O) groups excluding carboxylic acids is 1. The molecule has 18 heavy (non-hydrogen) atoms. The van der Waals surface area contributed by atoms with Gasteiger partial charge in [-0.1, -0.05) is 0 Å². The van der Waals surface area contributed by atoms with Crippen LogP contribution in [0.1, 0.15) is 12.8 Å². The molecule has 0 aliphatic carbocycles. The Kier molecular flexibility index (Phi) is 5.74. The lowest BCUT2D eigenvalue weighted by molar-refractivity contribution is -0.144. The van der Waals surface area contributed by atoms with Crippen LogP contribution in [0.25, 0.3) is 0 Å². The van der Waals surface area contributed by atoms with E-state index in [0.717, 1.165) is 12.2 Å². The highest BCUT2D eigenvalue weighted by atomic mass is 32.2. The quantitative estimate of drug-likeness (QED) is 0.695. The van der Waals surface area contributed by atoms with Gasteiger partial charge >= 0.3 is 12.0 Å². The molecular weight excluding hydrogens is 256 g/mol. The van der Waals surface area contributed by atoms with Crippen LogP contribution in [0.2, 0.25) is 0 Å². The minimum Gasteiger partial charge on any atom is -0.479 e. The zero-order valence-corrected chi connectivity index (χ0v) is 11.6. The first-order valence-electron chi connectivity index (χ1n) is 5.85. The molecule has 1 fully saturated rings. The van der Waals surface area contributed by atoms with Crippen LogP contribution in [0.15, 0.2) is 0 Å². The molecule has 0 aromatic heterocycles. The summed E-state index contributed by atoms with van der Waals surface area (Å²) in [5.41, 5.74) is -1.26. The second-order valence-electron chi connectivity index (χ2n) is 4.39. The molecule has 0 saturated carbocycles. The molecule has 0 aromatic rings. The largest absolute Gasteiger partial charge is 0.479 e. The first-order valence-corrected chi connectivity index (χ1v) is 7.24. The molecule has 1 atom stereocenters. The van der Waals surface area contributed by atoms with Gasteiger partial charge in [0.2, 0.25) is 0 Å². The maximum Gasteiger partial charge on any atom is 0.332 e. The SMILES string of the molecule is CSCCCN(C)C(=O)NC1(C(=O)O)CCOC1. The number of carbonyl (C=O) groups is 2. The fraction of sp³-hybridized carbons (Fsp3) is 0.818. The molecule has 1 aliphatic rings. The molecule has 104 valence electrons. The molecule has 2 amide bonds. The molecule has 0 spiro atoms. The van der Waals surface area contributed by atoms with Crippen LogP contribution in [0.5, 0.6) is 0 Å². The highest BCUT2D eigenvalue weighted by Crippen LogP contribution is 2.19. The average Bonchev–Trinajstić information content (AvgIpc) is 2.79. The van der Waals surface area contributed by atoms with Crippen molar-refractivity contribution in [2.75, 3.05) is 38.8 Å². The fourth-order valence-corrected chi connectivity index (χ4v) is 2.15. The van der Waals surface area contributed by atoms with E-state index in [0.29, 0.717) is 19.6 Å². The number of amides is 2. The van der Waals surface area contributed by atoms with Crippen molar-refractivity contribution in [1.29, 1.82) is 0 Å². The molecule has 0 bridgehead atoms. The number of thioether (sulfide) groups is 1. The van der Waals surface area contributed by atoms with Gasteiger partial charge in [0.15, 0.2) is 5.54 Å². The minimum atomic E-state index is -1.26. The van der Waals surface area contributed by atoms with Crippen molar-refractivity contribution in [3.05, 3.63) is 0 Å². The minimum absolute atomic E-state index is 0.0344. The summed E-state index contributed by atoms with van der Waals surface area (Å²) in [6.45, 7) is 1.01. The number of ether oxygens (including phenoxy) is 1. The molecule has 0 radical (unpaired) electrons. The summed E-state index contributed by atoms with van der Waals surface area (Å²) in [6, 6.07) is -0.357. The smallest absolute Gasteiger partial charge is 0.332 e. The third-order valence-corrected chi connectivity index (χ3v) is 3.66. The van der Waals surface area contributed by atoms with E-state index in [1.54, 1.807) is 18.8 Å². The number of hydrogen-bond donors (Lipinski definition) is 2. The molecule has 1 heterocycles. The Morgan fingerprint density at radius 2 is 2.28 bits per heavy atom. The van der Waals surface area contributed by atoms with Gasteiger partial charge < -0.3 is 20.1 Å². The number of rotatable bonds is 6. The summed E-state index contributed by atoms with van der Waals surface area (Å²) in [5, 5.41) is 11.8. The summed E-state index contributed by atoms with van der Waals surface area (Å²) >= 11 is 1.72. The molecule has 1 aliphatic heterocycles. The van der Waals surface area contributed by atoms with Gasteiger partial charge in [-0.15, -0.1) is 0 Å². The Morgan fingerprint density at radius 1 is 1.56 bits per heavy atom. The molecular formula is C11H20N2O4S. The first kappa shape index (κ1) is 15.1. The molecule has 6 nitrogen and oxygen atoms in total. The molecule has 1 rings (SSSR count). The van der Waals surface area contributed by atoms with Gasteiger partial charge in [0.05, 0.1) is 6.61 Å². The maximum atomic E-state index is 11.9. The Balaban J connectivity index is 2.49. The number of carboxylic acid groups (broad SMARTS) is 1. The van der Waals surface area contributed by atoms with Crippen LogP contribution in [-0.4, -0.2) is 66.4 Å². The summed E-state index contributed by atoms with van der Waals surface area (Å²) in [7, 11) is 1.67. The molecule has 1 saturated heterocycles. The highest BCUT2D eigenvalue weighted by molar-refractivity contribution is 7.98. The Morgan fingerprint density at radius 3 is 2.78 bits per heavy atom. The second-order valence-corrected chi connectivity index (χ2v) is 5.37. The predicted molar refractivity (Wildman–Crippen MR) is 70.0 cm³/mol. The number of urea groups is 1. The van der Waals surface area contributed by atoms with Crippen LogP contribution in [-0.2, 0) is 9.53 Å². The van der Waals surface area contributed by atoms with Crippen LogP contribution in [0, 0.1) is 0 Å². The Labute approximate surface area is 111 Å². The number of nitrogens with zero attached hydrogens (tertiary/aromatic N) is 1. The van der Waals surface area contributed by atoms with Gasteiger partial charge in [0, 0.05) is 26.6 Å². The summed E-state index contributed by atoms with van der Waals surface area (Å²) in [6.07, 6.45) is 3.21. The monoisotopic (exact) mass is 276 g/mol. The molecule has 2 N–H and O–H groups in total. The fourth-order valence-electron chi connectivity index (χ4n) is 1.73.